The molecule has 4 aromatic heterocycles. The maximum absolute atomic E-state index is 12.6. The molecule has 0 aromatic carbocycles. The number of aromatic nitrogens is 6. The number of aryl methyl sites for hydroxylation is 2. The van der Waals surface area contributed by atoms with Gasteiger partial charge in [0.1, 0.15) is 18.8 Å². The van der Waals surface area contributed by atoms with E-state index in [0.717, 1.165) is 16.8 Å². The normalized spacial score (nSPS) is 21.1. The van der Waals surface area contributed by atoms with Crippen molar-refractivity contribution in [3.63, 3.8) is 0 Å². The molecule has 40 heavy (non-hydrogen) atoms. The summed E-state index contributed by atoms with van der Waals surface area (Å²) in [5.74, 6) is -0.626. The van der Waals surface area contributed by atoms with Gasteiger partial charge in [-0.1, -0.05) is 0 Å². The standard InChI is InChI=1S/C25H25F3N8O4/c1-12-3-4-30-15(6-12)9-31-21-16-22(35-20(34-21)14-5-13(2)7-29-8-14)36(11-33-16)24-18(38)17(37)19(40-24)23(39)32-10-25(26,27)28/h3-8,11,17-19,24,37-38H,9-10H2,1-2H3,(H,32,39)(H,31,34,35)/t17-,18+,19-,24+/m0/s1. The Morgan fingerprint density at radius 2 is 1.90 bits per heavy atom. The Hall–Kier alpha value is -4.21. The summed E-state index contributed by atoms with van der Waals surface area (Å²) in [7, 11) is 0. The van der Waals surface area contributed by atoms with E-state index in [1.165, 1.54) is 10.9 Å². The summed E-state index contributed by atoms with van der Waals surface area (Å²) in [4.78, 5) is 34.4. The van der Waals surface area contributed by atoms with Gasteiger partial charge in [-0.25, -0.2) is 15.0 Å². The van der Waals surface area contributed by atoms with Crippen LogP contribution in [0.4, 0.5) is 19.0 Å². The highest BCUT2D eigenvalue weighted by Gasteiger charge is 2.48. The predicted molar refractivity (Wildman–Crippen MR) is 135 cm³/mol. The van der Waals surface area contributed by atoms with Crippen LogP contribution in [0.15, 0.2) is 43.1 Å². The van der Waals surface area contributed by atoms with Crippen molar-refractivity contribution in [1.82, 2.24) is 34.8 Å². The molecule has 1 amide bonds. The van der Waals surface area contributed by atoms with Gasteiger partial charge in [0.25, 0.3) is 5.91 Å². The molecule has 0 bridgehead atoms. The fraction of sp³-hybridized carbons (Fsp3) is 0.360. The van der Waals surface area contributed by atoms with Crippen molar-refractivity contribution in [2.24, 2.45) is 0 Å². The number of carbonyl (C=O) groups is 1. The minimum Gasteiger partial charge on any atom is -0.387 e. The van der Waals surface area contributed by atoms with Gasteiger partial charge in [-0.05, 0) is 43.2 Å². The number of carbonyl (C=O) groups excluding carboxylic acids is 1. The Balaban J connectivity index is 1.51. The van der Waals surface area contributed by atoms with Crippen LogP contribution in [0.25, 0.3) is 22.6 Å². The smallest absolute Gasteiger partial charge is 0.387 e. The first-order chi connectivity index (χ1) is 19.0. The number of aliphatic hydroxyl groups is 2. The van der Waals surface area contributed by atoms with Crippen LogP contribution < -0.4 is 10.6 Å². The van der Waals surface area contributed by atoms with Gasteiger partial charge in [0.2, 0.25) is 0 Å². The van der Waals surface area contributed by atoms with Gasteiger partial charge in [0, 0.05) is 24.2 Å². The second-order valence-electron chi connectivity index (χ2n) is 9.41. The first-order valence-electron chi connectivity index (χ1n) is 12.2. The third kappa shape index (κ3) is 5.71. The van der Waals surface area contributed by atoms with E-state index in [9.17, 15) is 28.2 Å². The lowest BCUT2D eigenvalue weighted by Crippen LogP contribution is -2.45. The Morgan fingerprint density at radius 1 is 1.10 bits per heavy atom. The first kappa shape index (κ1) is 27.4. The van der Waals surface area contributed by atoms with Crippen LogP contribution in [-0.2, 0) is 16.1 Å². The second kappa shape index (κ2) is 10.7. The first-order valence-corrected chi connectivity index (χ1v) is 12.2. The molecule has 1 aliphatic rings. The number of hydrogen-bond donors (Lipinski definition) is 4. The number of alkyl halides is 3. The summed E-state index contributed by atoms with van der Waals surface area (Å²) < 4.78 is 44.6. The van der Waals surface area contributed by atoms with Crippen LogP contribution in [0, 0.1) is 13.8 Å². The van der Waals surface area contributed by atoms with Crippen molar-refractivity contribution in [2.75, 3.05) is 11.9 Å². The number of aliphatic hydroxyl groups excluding tert-OH is 2. The highest BCUT2D eigenvalue weighted by molar-refractivity contribution is 5.85. The van der Waals surface area contributed by atoms with Gasteiger partial charge >= 0.3 is 6.18 Å². The lowest BCUT2D eigenvalue weighted by atomic mass is 10.1. The summed E-state index contributed by atoms with van der Waals surface area (Å²) in [6.07, 6.45) is -5.06. The molecule has 1 fully saturated rings. The fourth-order valence-electron chi connectivity index (χ4n) is 4.30. The van der Waals surface area contributed by atoms with Gasteiger partial charge in [-0.15, -0.1) is 0 Å². The third-order valence-electron chi connectivity index (χ3n) is 6.20. The molecule has 15 heteroatoms. The maximum atomic E-state index is 12.6. The van der Waals surface area contributed by atoms with Gasteiger partial charge in [0.05, 0.1) is 18.6 Å². The minimum absolute atomic E-state index is 0.179. The zero-order chi connectivity index (χ0) is 28.6. The van der Waals surface area contributed by atoms with E-state index in [-0.39, 0.29) is 17.0 Å². The number of halogens is 3. The van der Waals surface area contributed by atoms with Crippen LogP contribution in [-0.4, -0.2) is 76.6 Å². The molecule has 0 aliphatic carbocycles. The molecule has 5 rings (SSSR count). The zero-order valence-corrected chi connectivity index (χ0v) is 21.3. The minimum atomic E-state index is -4.66. The Kier molecular flexibility index (Phi) is 7.35. The number of fused-ring (bicyclic) bond motifs is 1. The van der Waals surface area contributed by atoms with Crippen LogP contribution in [0.2, 0.25) is 0 Å². The van der Waals surface area contributed by atoms with E-state index < -0.39 is 43.2 Å². The molecule has 4 N–H and O–H groups in total. The Morgan fingerprint density at radius 3 is 2.62 bits per heavy atom. The number of pyridine rings is 2. The number of nitrogens with one attached hydrogen (secondary N) is 2. The molecule has 12 nitrogen and oxygen atoms in total. The Bertz CT molecular complexity index is 1550. The summed E-state index contributed by atoms with van der Waals surface area (Å²) in [5.41, 5.74) is 3.68. The molecule has 4 atom stereocenters. The lowest BCUT2D eigenvalue weighted by Gasteiger charge is -2.17. The van der Waals surface area contributed by atoms with Crippen molar-refractivity contribution in [1.29, 1.82) is 0 Å². The van der Waals surface area contributed by atoms with Gasteiger partial charge in [-0.3, -0.25) is 19.3 Å². The Labute approximate surface area is 225 Å². The highest BCUT2D eigenvalue weighted by Crippen LogP contribution is 2.34. The number of rotatable bonds is 7. The van der Waals surface area contributed by atoms with Crippen molar-refractivity contribution in [2.45, 2.75) is 51.1 Å². The molecule has 5 heterocycles. The van der Waals surface area contributed by atoms with Crippen molar-refractivity contribution in [3.05, 3.63) is 59.9 Å². The average molecular weight is 559 g/mol. The van der Waals surface area contributed by atoms with Crippen molar-refractivity contribution >= 4 is 22.9 Å². The monoisotopic (exact) mass is 558 g/mol. The molecule has 1 saturated heterocycles. The van der Waals surface area contributed by atoms with Crippen LogP contribution in [0.1, 0.15) is 23.0 Å². The van der Waals surface area contributed by atoms with E-state index in [2.05, 4.69) is 30.2 Å². The zero-order valence-electron chi connectivity index (χ0n) is 21.3. The van der Waals surface area contributed by atoms with Gasteiger partial charge in [0.15, 0.2) is 35.1 Å². The number of ether oxygens (including phenoxy) is 1. The summed E-state index contributed by atoms with van der Waals surface area (Å²) >= 11 is 0. The quantitative estimate of drug-likeness (QED) is 0.263. The molecule has 210 valence electrons. The van der Waals surface area contributed by atoms with E-state index in [1.54, 1.807) is 23.9 Å². The average Bonchev–Trinajstić information content (AvgIpc) is 3.46. The molecule has 1 aliphatic heterocycles. The number of anilines is 1. The molecular formula is C25H25F3N8O4. The third-order valence-corrected chi connectivity index (χ3v) is 6.20. The summed E-state index contributed by atoms with van der Waals surface area (Å²) in [6, 6.07) is 5.60. The van der Waals surface area contributed by atoms with Gasteiger partial charge < -0.3 is 25.6 Å². The van der Waals surface area contributed by atoms with E-state index in [0.29, 0.717) is 17.9 Å². The van der Waals surface area contributed by atoms with E-state index in [4.69, 9.17) is 4.74 Å². The van der Waals surface area contributed by atoms with Crippen LogP contribution in [0.3, 0.4) is 0 Å². The van der Waals surface area contributed by atoms with Gasteiger partial charge in [-0.2, -0.15) is 13.2 Å². The number of imidazole rings is 1. The predicted octanol–water partition coefficient (Wildman–Crippen LogP) is 1.81. The van der Waals surface area contributed by atoms with Crippen LogP contribution >= 0.6 is 0 Å². The topological polar surface area (TPSA) is 160 Å². The SMILES string of the molecule is Cc1cncc(-c2nc(NCc3cc(C)ccn3)c3ncn([C@@H]4O[C@H](C(=O)NCC(F)(F)F)[C@@H](O)[C@H]4O)c3n2)c1. The number of nitrogens with zero attached hydrogens (tertiary/aromatic N) is 6. The molecule has 0 saturated carbocycles. The molecular weight excluding hydrogens is 533 g/mol. The molecule has 0 unspecified atom stereocenters. The number of hydrogen-bond acceptors (Lipinski definition) is 10. The van der Waals surface area contributed by atoms with Crippen molar-refractivity contribution < 1.29 is 32.9 Å². The summed E-state index contributed by atoms with van der Waals surface area (Å²) in [6.45, 7) is 2.49. The molecule has 4 aromatic rings. The molecule has 0 radical (unpaired) electrons. The number of amides is 1. The van der Waals surface area contributed by atoms with Crippen LogP contribution in [0.5, 0.6) is 0 Å². The summed E-state index contributed by atoms with van der Waals surface area (Å²) in [5, 5.41) is 26.0. The largest absolute Gasteiger partial charge is 0.405 e. The highest BCUT2D eigenvalue weighted by atomic mass is 19.4. The van der Waals surface area contributed by atoms with E-state index in [1.807, 2.05) is 32.0 Å². The maximum Gasteiger partial charge on any atom is 0.405 e. The lowest BCUT2D eigenvalue weighted by molar-refractivity contribution is -0.149. The van der Waals surface area contributed by atoms with Crippen molar-refractivity contribution in [3.8, 4) is 11.4 Å². The second-order valence-corrected chi connectivity index (χ2v) is 9.41. The van der Waals surface area contributed by atoms with E-state index >= 15 is 0 Å². The fourth-order valence-corrected chi connectivity index (χ4v) is 4.30. The molecule has 0 spiro atoms.